The highest BCUT2D eigenvalue weighted by Crippen LogP contribution is 2.45. The molecule has 80 heavy (non-hydrogen) atoms. The van der Waals surface area contributed by atoms with Crippen LogP contribution in [0, 0.1) is 0 Å². The maximum Gasteiger partial charge on any atom is 0.472 e. The van der Waals surface area contributed by atoms with Gasteiger partial charge in [-0.1, -0.05) is 259 Å². The molecule has 0 saturated carbocycles. The summed E-state index contributed by atoms with van der Waals surface area (Å²) in [4.78, 5) is 71.5. The fourth-order valence-corrected chi connectivity index (χ4v) is 10.7. The van der Waals surface area contributed by atoms with E-state index >= 15 is 0 Å². The minimum absolute atomic E-state index is 0.0991. The van der Waals surface area contributed by atoms with Crippen LogP contribution in [-0.2, 0) is 65.4 Å². The van der Waals surface area contributed by atoms with Crippen molar-refractivity contribution in [1.82, 2.24) is 0 Å². The molecule has 0 aromatic carbocycles. The average Bonchev–Trinajstić information content (AvgIpc) is 3.43. The zero-order chi connectivity index (χ0) is 59.1. The lowest BCUT2D eigenvalue weighted by atomic mass is 10.0. The second-order valence-electron chi connectivity index (χ2n) is 22.1. The Bertz CT molecular complexity index is 1550. The maximum absolute atomic E-state index is 13.0. The van der Waals surface area contributed by atoms with Crippen molar-refractivity contribution in [3.63, 3.8) is 0 Å². The predicted molar refractivity (Wildman–Crippen MR) is 317 cm³/mol. The predicted octanol–water partition coefficient (Wildman–Crippen LogP) is 16.8. The zero-order valence-electron chi connectivity index (χ0n) is 51.0. The van der Waals surface area contributed by atoms with Gasteiger partial charge in [-0.25, -0.2) is 9.13 Å². The maximum atomic E-state index is 13.0. The first-order valence-electron chi connectivity index (χ1n) is 32.3. The molecular formula is C61H118O17P2. The zero-order valence-corrected chi connectivity index (χ0v) is 52.8. The Morgan fingerprint density at radius 1 is 0.300 bits per heavy atom. The van der Waals surface area contributed by atoms with Crippen LogP contribution in [0.15, 0.2) is 0 Å². The van der Waals surface area contributed by atoms with Crippen molar-refractivity contribution in [3.8, 4) is 0 Å². The van der Waals surface area contributed by atoms with E-state index in [9.17, 15) is 43.2 Å². The van der Waals surface area contributed by atoms with Gasteiger partial charge in [0.05, 0.1) is 26.4 Å². The minimum atomic E-state index is -4.94. The quantitative estimate of drug-likeness (QED) is 0.0222. The van der Waals surface area contributed by atoms with Gasteiger partial charge in [0, 0.05) is 25.7 Å². The second-order valence-corrected chi connectivity index (χ2v) is 25.0. The third kappa shape index (κ3) is 55.3. The number of hydrogen-bond acceptors (Lipinski definition) is 15. The van der Waals surface area contributed by atoms with Crippen molar-refractivity contribution in [2.75, 3.05) is 39.6 Å². The van der Waals surface area contributed by atoms with Crippen molar-refractivity contribution in [3.05, 3.63) is 0 Å². The number of aliphatic hydroxyl groups is 1. The van der Waals surface area contributed by atoms with E-state index < -0.39 is 97.5 Å². The SMILES string of the molecule is CCCCCCCCCCCCCCCCCCCCC(=O)O[C@H](COC(=O)CCCCCCCCCCCCCC)COP(=O)(O)OC[C@@H](O)COP(=O)(O)OC[C@@H](COC(=O)CCCCCCC)OC(=O)CCCCCCC. The van der Waals surface area contributed by atoms with Crippen LogP contribution in [0.3, 0.4) is 0 Å². The second kappa shape index (κ2) is 56.2. The molecule has 0 rings (SSSR count). The monoisotopic (exact) mass is 1180 g/mol. The van der Waals surface area contributed by atoms with E-state index in [0.29, 0.717) is 25.7 Å². The third-order valence-electron chi connectivity index (χ3n) is 14.1. The van der Waals surface area contributed by atoms with Gasteiger partial charge < -0.3 is 33.8 Å². The van der Waals surface area contributed by atoms with E-state index in [0.717, 1.165) is 96.3 Å². The van der Waals surface area contributed by atoms with Gasteiger partial charge in [-0.05, 0) is 25.7 Å². The number of hydrogen-bond donors (Lipinski definition) is 3. The van der Waals surface area contributed by atoms with Crippen LogP contribution >= 0.6 is 15.6 Å². The Hall–Kier alpha value is -1.94. The molecule has 0 fully saturated rings. The van der Waals surface area contributed by atoms with E-state index in [4.69, 9.17) is 37.0 Å². The highest BCUT2D eigenvalue weighted by molar-refractivity contribution is 7.47. The summed E-state index contributed by atoms with van der Waals surface area (Å²) in [5.74, 6) is -2.16. The van der Waals surface area contributed by atoms with Gasteiger partial charge in [0.1, 0.15) is 19.3 Å². The molecule has 0 heterocycles. The Labute approximate surface area is 486 Å². The topological polar surface area (TPSA) is 237 Å². The van der Waals surface area contributed by atoms with Gasteiger partial charge in [-0.3, -0.25) is 37.3 Å². The van der Waals surface area contributed by atoms with Crippen molar-refractivity contribution in [2.24, 2.45) is 0 Å². The van der Waals surface area contributed by atoms with E-state index in [1.807, 2.05) is 0 Å². The van der Waals surface area contributed by atoms with Crippen LogP contribution in [0.5, 0.6) is 0 Å². The highest BCUT2D eigenvalue weighted by Gasteiger charge is 2.30. The van der Waals surface area contributed by atoms with Crippen molar-refractivity contribution >= 4 is 39.5 Å². The first kappa shape index (κ1) is 78.1. The molecule has 5 atom stereocenters. The molecule has 0 spiro atoms. The molecule has 19 heteroatoms. The van der Waals surface area contributed by atoms with Crippen LogP contribution in [0.2, 0.25) is 0 Å². The molecule has 17 nitrogen and oxygen atoms in total. The summed E-state index contributed by atoms with van der Waals surface area (Å²) in [6.45, 7) is 4.69. The summed E-state index contributed by atoms with van der Waals surface area (Å²) in [7, 11) is -9.86. The number of carbonyl (C=O) groups is 4. The smallest absolute Gasteiger partial charge is 0.462 e. The fourth-order valence-electron chi connectivity index (χ4n) is 9.10. The number of aliphatic hydroxyl groups excluding tert-OH is 1. The van der Waals surface area contributed by atoms with Gasteiger partial charge in [-0.15, -0.1) is 0 Å². The Kier molecular flexibility index (Phi) is 54.8. The van der Waals surface area contributed by atoms with Gasteiger partial charge in [-0.2, -0.15) is 0 Å². The van der Waals surface area contributed by atoms with Crippen molar-refractivity contribution in [1.29, 1.82) is 0 Å². The van der Waals surface area contributed by atoms with Crippen molar-refractivity contribution < 1.29 is 80.2 Å². The van der Waals surface area contributed by atoms with Crippen molar-refractivity contribution in [2.45, 2.75) is 329 Å². The molecule has 0 aliphatic carbocycles. The lowest BCUT2D eigenvalue weighted by Crippen LogP contribution is -2.30. The van der Waals surface area contributed by atoms with Crippen LogP contribution in [-0.4, -0.2) is 96.7 Å². The molecule has 0 aliphatic rings. The molecule has 0 aromatic heterocycles. The van der Waals surface area contributed by atoms with Gasteiger partial charge in [0.25, 0.3) is 0 Å². The normalized spacial score (nSPS) is 14.2. The van der Waals surface area contributed by atoms with Crippen LogP contribution in [0.1, 0.15) is 310 Å². The standard InChI is InChI=1S/C61H118O17P2/c1-5-9-13-17-19-21-23-25-26-27-28-29-30-32-34-36-40-44-48-61(66)78-57(52-72-59(64)46-42-39-35-33-31-24-22-20-18-14-10-6-2)54-76-80(69,70)74-50-55(62)49-73-79(67,68)75-53-56(77-60(65)47-43-38-16-12-8-4)51-71-58(63)45-41-37-15-11-7-3/h55-57,62H,5-54H2,1-4H3,(H,67,68)(H,69,70)/t55-,56+,57+/m0/s1. The first-order valence-corrected chi connectivity index (χ1v) is 35.3. The van der Waals surface area contributed by atoms with E-state index in [1.54, 1.807) is 0 Å². The average molecular weight is 1190 g/mol. The Morgan fingerprint density at radius 2 is 0.500 bits per heavy atom. The summed E-state index contributed by atoms with van der Waals surface area (Å²) in [6.07, 6.45) is 41.2. The fraction of sp³-hybridized carbons (Fsp3) is 0.934. The van der Waals surface area contributed by atoms with Crippen LogP contribution in [0.4, 0.5) is 0 Å². The van der Waals surface area contributed by atoms with E-state index in [-0.39, 0.29) is 25.7 Å². The van der Waals surface area contributed by atoms with Gasteiger partial charge in [0.15, 0.2) is 12.2 Å². The van der Waals surface area contributed by atoms with Gasteiger partial charge >= 0.3 is 39.5 Å². The highest BCUT2D eigenvalue weighted by atomic mass is 31.2. The molecule has 3 N–H and O–H groups in total. The lowest BCUT2D eigenvalue weighted by Gasteiger charge is -2.21. The third-order valence-corrected chi connectivity index (χ3v) is 16.0. The summed E-state index contributed by atoms with van der Waals surface area (Å²) in [5, 5.41) is 10.5. The number of carbonyl (C=O) groups excluding carboxylic acids is 4. The number of esters is 4. The largest absolute Gasteiger partial charge is 0.472 e. The molecule has 0 aromatic rings. The number of ether oxygens (including phenoxy) is 4. The van der Waals surface area contributed by atoms with Crippen LogP contribution < -0.4 is 0 Å². The summed E-state index contributed by atoms with van der Waals surface area (Å²) in [5.41, 5.74) is 0. The number of phosphoric ester groups is 2. The molecule has 0 radical (unpaired) electrons. The molecule has 0 aliphatic heterocycles. The van der Waals surface area contributed by atoms with E-state index in [2.05, 4.69) is 27.7 Å². The molecule has 2 unspecified atom stereocenters. The molecule has 0 amide bonds. The lowest BCUT2D eigenvalue weighted by molar-refractivity contribution is -0.161. The summed E-state index contributed by atoms with van der Waals surface area (Å²) >= 11 is 0. The number of unbranched alkanes of at least 4 members (excludes halogenated alkanes) is 36. The van der Waals surface area contributed by atoms with E-state index in [1.165, 1.54) is 135 Å². The van der Waals surface area contributed by atoms with Crippen LogP contribution in [0.25, 0.3) is 0 Å². The molecular weight excluding hydrogens is 1070 g/mol. The molecule has 0 bridgehead atoms. The first-order chi connectivity index (χ1) is 38.7. The Balaban J connectivity index is 5.08. The summed E-state index contributed by atoms with van der Waals surface area (Å²) in [6, 6.07) is 0. The number of phosphoric acid groups is 2. The Morgan fingerprint density at radius 3 is 0.738 bits per heavy atom. The molecule has 0 saturated heterocycles. The molecule has 474 valence electrons. The van der Waals surface area contributed by atoms with Gasteiger partial charge in [0.2, 0.25) is 0 Å². The summed E-state index contributed by atoms with van der Waals surface area (Å²) < 4.78 is 67.4. The number of rotatable bonds is 62. The minimum Gasteiger partial charge on any atom is -0.462 e.